The Morgan fingerprint density at radius 3 is 1.95 bits per heavy atom. The van der Waals surface area contributed by atoms with E-state index in [2.05, 4.69) is 6.92 Å². The van der Waals surface area contributed by atoms with Crippen LogP contribution in [0.1, 0.15) is 65.2 Å². The summed E-state index contributed by atoms with van der Waals surface area (Å²) in [7, 11) is 0. The van der Waals surface area contributed by atoms with Crippen LogP contribution in [0, 0.1) is 29.2 Å². The van der Waals surface area contributed by atoms with Gasteiger partial charge in [0.15, 0.2) is 35.5 Å². The molecule has 2 aromatic carbocycles. The third-order valence-electron chi connectivity index (χ3n) is 6.86. The highest BCUT2D eigenvalue weighted by atomic mass is 19.2. The van der Waals surface area contributed by atoms with E-state index in [0.717, 1.165) is 62.8 Å². The molecule has 4 atom stereocenters. The molecular weight excluding hydrogens is 510 g/mol. The van der Waals surface area contributed by atoms with Crippen LogP contribution in [0.4, 0.5) is 26.3 Å². The molecule has 0 saturated carbocycles. The summed E-state index contributed by atoms with van der Waals surface area (Å²) in [5, 5.41) is 0. The predicted octanol–water partition coefficient (Wildman–Crippen LogP) is 8.52. The Bertz CT molecular complexity index is 1030. The first-order valence-corrected chi connectivity index (χ1v) is 13.4. The van der Waals surface area contributed by atoms with Crippen LogP contribution in [0.25, 0.3) is 11.1 Å². The summed E-state index contributed by atoms with van der Waals surface area (Å²) in [5.41, 5.74) is -1.05. The fourth-order valence-electron chi connectivity index (χ4n) is 4.53. The van der Waals surface area contributed by atoms with Crippen LogP contribution >= 0.6 is 0 Å². The van der Waals surface area contributed by atoms with E-state index in [4.69, 9.17) is 14.2 Å². The number of hydrogen-bond donors (Lipinski definition) is 0. The average Bonchev–Trinajstić information content (AvgIpc) is 2.93. The smallest absolute Gasteiger partial charge is 0.201 e. The fraction of sp³-hybridized carbons (Fsp3) is 0.586. The molecule has 3 nitrogen and oxygen atoms in total. The maximum atomic E-state index is 14.8. The normalized spacial score (nSPS) is 19.3. The van der Waals surface area contributed by atoms with Gasteiger partial charge in [-0.1, -0.05) is 39.5 Å². The highest BCUT2D eigenvalue weighted by molar-refractivity contribution is 5.67. The van der Waals surface area contributed by atoms with Crippen LogP contribution < -0.4 is 9.47 Å². The van der Waals surface area contributed by atoms with Crippen molar-refractivity contribution < 1.29 is 40.6 Å². The zero-order valence-electron chi connectivity index (χ0n) is 21.9. The number of halogens is 6. The summed E-state index contributed by atoms with van der Waals surface area (Å²) >= 11 is 0. The monoisotopic (exact) mass is 546 g/mol. The molecule has 0 radical (unpaired) electrons. The van der Waals surface area contributed by atoms with Gasteiger partial charge in [0.1, 0.15) is 6.61 Å². The van der Waals surface area contributed by atoms with Crippen molar-refractivity contribution in [3.05, 3.63) is 47.5 Å². The van der Waals surface area contributed by atoms with Gasteiger partial charge in [-0.05, 0) is 55.9 Å². The lowest BCUT2D eigenvalue weighted by Crippen LogP contribution is -2.40. The van der Waals surface area contributed by atoms with E-state index in [1.165, 1.54) is 0 Å². The summed E-state index contributed by atoms with van der Waals surface area (Å²) in [5.74, 6) is -6.38. The maximum Gasteiger partial charge on any atom is 0.201 e. The van der Waals surface area contributed by atoms with Gasteiger partial charge in [-0.25, -0.2) is 17.6 Å². The van der Waals surface area contributed by atoms with E-state index in [0.29, 0.717) is 25.4 Å². The Hall–Kier alpha value is -2.42. The molecule has 0 spiro atoms. The van der Waals surface area contributed by atoms with Gasteiger partial charge in [0.05, 0.1) is 12.7 Å². The van der Waals surface area contributed by atoms with Gasteiger partial charge in [0, 0.05) is 17.7 Å². The van der Waals surface area contributed by atoms with Crippen molar-refractivity contribution in [3.8, 4) is 22.6 Å². The number of unbranched alkanes of at least 4 members (excludes halogenated alkanes) is 3. The minimum atomic E-state index is -2.12. The van der Waals surface area contributed by atoms with Crippen LogP contribution in [0.5, 0.6) is 11.5 Å². The largest absolute Gasteiger partial charge is 0.490 e. The van der Waals surface area contributed by atoms with Crippen molar-refractivity contribution >= 4 is 0 Å². The number of rotatable bonds is 14. The van der Waals surface area contributed by atoms with Crippen molar-refractivity contribution in [2.75, 3.05) is 19.8 Å². The molecule has 4 unspecified atom stereocenters. The van der Waals surface area contributed by atoms with Crippen LogP contribution in [-0.4, -0.2) is 38.3 Å². The minimum Gasteiger partial charge on any atom is -0.490 e. The van der Waals surface area contributed by atoms with Crippen molar-refractivity contribution in [1.29, 1.82) is 0 Å². The summed E-state index contributed by atoms with van der Waals surface area (Å²) in [4.78, 5) is 0. The van der Waals surface area contributed by atoms with Gasteiger partial charge in [-0.2, -0.15) is 8.78 Å². The lowest BCUT2D eigenvalue weighted by molar-refractivity contribution is -0.0812. The van der Waals surface area contributed by atoms with Crippen molar-refractivity contribution in [1.82, 2.24) is 0 Å². The topological polar surface area (TPSA) is 27.7 Å². The molecule has 0 amide bonds. The van der Waals surface area contributed by atoms with E-state index in [-0.39, 0.29) is 12.4 Å². The Labute approximate surface area is 220 Å². The summed E-state index contributed by atoms with van der Waals surface area (Å²) in [6, 6.07) is 4.20. The van der Waals surface area contributed by atoms with Crippen molar-refractivity contribution in [2.24, 2.45) is 5.92 Å². The molecule has 0 aromatic heterocycles. The van der Waals surface area contributed by atoms with Crippen LogP contribution in [0.3, 0.4) is 0 Å². The van der Waals surface area contributed by atoms with E-state index in [1.807, 2.05) is 6.92 Å². The summed E-state index contributed by atoms with van der Waals surface area (Å²) in [6.07, 6.45) is 1.64. The predicted molar refractivity (Wildman–Crippen MR) is 134 cm³/mol. The maximum absolute atomic E-state index is 14.8. The lowest BCUT2D eigenvalue weighted by Gasteiger charge is -2.32. The molecule has 0 N–H and O–H groups in total. The quantitative estimate of drug-likeness (QED) is 0.176. The first-order chi connectivity index (χ1) is 18.3. The Balaban J connectivity index is 1.61. The number of hydrogen-bond acceptors (Lipinski definition) is 3. The highest BCUT2D eigenvalue weighted by Gasteiger charge is 2.34. The summed E-state index contributed by atoms with van der Waals surface area (Å²) in [6.45, 7) is 3.77. The minimum absolute atomic E-state index is 0.195. The number of alkyl halides is 2. The van der Waals surface area contributed by atoms with Gasteiger partial charge in [0.2, 0.25) is 11.6 Å². The van der Waals surface area contributed by atoms with Crippen LogP contribution in [0.2, 0.25) is 0 Å². The molecule has 1 aliphatic heterocycles. The molecule has 212 valence electrons. The molecular formula is C29H36F6O3. The van der Waals surface area contributed by atoms with E-state index in [1.54, 1.807) is 0 Å². The second-order valence-corrected chi connectivity index (χ2v) is 9.76. The molecule has 1 heterocycles. The van der Waals surface area contributed by atoms with E-state index < -0.39 is 65.2 Å². The molecule has 1 saturated heterocycles. The molecule has 9 heteroatoms. The number of benzene rings is 2. The van der Waals surface area contributed by atoms with Gasteiger partial charge >= 0.3 is 0 Å². The van der Waals surface area contributed by atoms with Gasteiger partial charge < -0.3 is 14.2 Å². The van der Waals surface area contributed by atoms with Gasteiger partial charge in [-0.3, -0.25) is 0 Å². The molecule has 2 aromatic rings. The lowest BCUT2D eigenvalue weighted by atomic mass is 9.91. The zero-order chi connectivity index (χ0) is 27.7. The van der Waals surface area contributed by atoms with Gasteiger partial charge in [0.25, 0.3) is 0 Å². The van der Waals surface area contributed by atoms with E-state index >= 15 is 0 Å². The van der Waals surface area contributed by atoms with Gasteiger partial charge in [-0.15, -0.1) is 0 Å². The SMILES string of the molecule is CCCCCOc1ccc(-c2ccc(OCC(F)C(F)C3CCC(CCCC)CO3)c(F)c2F)c(F)c1F. The van der Waals surface area contributed by atoms with Crippen molar-refractivity contribution in [2.45, 2.75) is 83.7 Å². The highest BCUT2D eigenvalue weighted by Crippen LogP contribution is 2.35. The van der Waals surface area contributed by atoms with E-state index in [9.17, 15) is 26.3 Å². The Kier molecular flexibility index (Phi) is 11.6. The second-order valence-electron chi connectivity index (χ2n) is 9.76. The molecule has 0 bridgehead atoms. The molecule has 38 heavy (non-hydrogen) atoms. The average molecular weight is 547 g/mol. The molecule has 3 rings (SSSR count). The zero-order valence-corrected chi connectivity index (χ0v) is 21.9. The molecule has 0 aliphatic carbocycles. The second kappa shape index (κ2) is 14.7. The van der Waals surface area contributed by atoms with Crippen LogP contribution in [-0.2, 0) is 4.74 Å². The first-order valence-electron chi connectivity index (χ1n) is 13.4. The third kappa shape index (κ3) is 7.58. The Morgan fingerprint density at radius 1 is 0.789 bits per heavy atom. The number of ether oxygens (including phenoxy) is 3. The molecule has 1 fully saturated rings. The Morgan fingerprint density at radius 2 is 1.39 bits per heavy atom. The van der Waals surface area contributed by atoms with Crippen LogP contribution in [0.15, 0.2) is 24.3 Å². The fourth-order valence-corrected chi connectivity index (χ4v) is 4.53. The summed E-state index contributed by atoms with van der Waals surface area (Å²) < 4.78 is 103. The molecule has 1 aliphatic rings. The first kappa shape index (κ1) is 30.1. The standard InChI is InChI=1S/C29H36F6O3/c1-3-5-7-15-36-23-13-10-19(25(31)28(23)34)20-11-14-24(29(35)26(20)32)38-17-21(30)27(33)22-12-9-18(16-37-22)8-6-4-2/h10-11,13-14,18,21-22,27H,3-9,12,15-17H2,1-2H3. The third-order valence-corrected chi connectivity index (χ3v) is 6.86. The van der Waals surface area contributed by atoms with Crippen molar-refractivity contribution in [3.63, 3.8) is 0 Å².